The van der Waals surface area contributed by atoms with Crippen molar-refractivity contribution >= 4 is 11.8 Å². The lowest BCUT2D eigenvalue weighted by Crippen LogP contribution is -2.56. The molecule has 0 atom stereocenters. The topological polar surface area (TPSA) is 67.2 Å². The van der Waals surface area contributed by atoms with Crippen molar-refractivity contribution in [1.82, 2.24) is 10.6 Å². The van der Waals surface area contributed by atoms with E-state index in [-0.39, 0.29) is 16.3 Å². The fourth-order valence-electron chi connectivity index (χ4n) is 2.98. The Labute approximate surface area is 162 Å². The summed E-state index contributed by atoms with van der Waals surface area (Å²) in [4.78, 5) is 10.3. The van der Waals surface area contributed by atoms with Gasteiger partial charge < -0.3 is 0 Å². The number of nitrogens with one attached hydrogen (secondary N) is 2. The van der Waals surface area contributed by atoms with E-state index in [2.05, 4.69) is 48.8 Å². The minimum Gasteiger partial charge on any atom is -0.296 e. The van der Waals surface area contributed by atoms with Crippen molar-refractivity contribution in [2.24, 2.45) is 0 Å². The average molecular weight is 370 g/mol. The molecule has 1 aromatic carbocycles. The molecule has 0 radical (unpaired) electrons. The summed E-state index contributed by atoms with van der Waals surface area (Å²) in [6.07, 6.45) is 16.3. The van der Waals surface area contributed by atoms with Crippen LogP contribution in [0.3, 0.4) is 0 Å². The van der Waals surface area contributed by atoms with Crippen molar-refractivity contribution in [2.45, 2.75) is 51.6 Å². The Bertz CT molecular complexity index is 680. The van der Waals surface area contributed by atoms with Crippen LogP contribution in [0.4, 0.5) is 5.69 Å². The van der Waals surface area contributed by atoms with Crippen LogP contribution < -0.4 is 10.6 Å². The smallest absolute Gasteiger partial charge is 0.269 e. The summed E-state index contributed by atoms with van der Waals surface area (Å²) < 4.78 is 0. The van der Waals surface area contributed by atoms with Gasteiger partial charge in [0.25, 0.3) is 5.69 Å². The lowest BCUT2D eigenvalue weighted by molar-refractivity contribution is -0.384. The molecule has 1 aliphatic carbocycles. The molecule has 2 rings (SSSR count). The van der Waals surface area contributed by atoms with Crippen LogP contribution >= 0.6 is 0 Å². The van der Waals surface area contributed by atoms with Gasteiger partial charge in [0.15, 0.2) is 0 Å². The molecule has 0 heterocycles. The number of non-ortho nitro benzene ring substituents is 1. The predicted molar refractivity (Wildman–Crippen MR) is 113 cm³/mol. The molecular formula is C22H31N3O2. The molecule has 1 aliphatic rings. The number of nitro groups is 1. The molecule has 0 saturated carbocycles. The summed E-state index contributed by atoms with van der Waals surface area (Å²) in [7, 11) is 0. The predicted octanol–water partition coefficient (Wildman–Crippen LogP) is 4.97. The molecule has 0 aromatic heterocycles. The van der Waals surface area contributed by atoms with Crippen molar-refractivity contribution in [2.75, 3.05) is 13.1 Å². The highest BCUT2D eigenvalue weighted by Gasteiger charge is 2.26. The van der Waals surface area contributed by atoms with Gasteiger partial charge in [-0.2, -0.15) is 0 Å². The Kier molecular flexibility index (Phi) is 8.43. The van der Waals surface area contributed by atoms with Gasteiger partial charge in [-0.05, 0) is 55.3 Å². The van der Waals surface area contributed by atoms with E-state index in [1.165, 1.54) is 37.8 Å². The quantitative estimate of drug-likeness (QED) is 0.250. The molecule has 0 spiro atoms. The SMILES string of the molecule is CCCCNC1(NCCCC)C=CC(C=Cc2ccc([N+](=O)[O-])cc2)=CC1. The summed E-state index contributed by atoms with van der Waals surface area (Å²) in [5.41, 5.74) is 2.06. The first-order chi connectivity index (χ1) is 13.1. The molecule has 0 amide bonds. The first kappa shape index (κ1) is 21.1. The first-order valence-corrected chi connectivity index (χ1v) is 9.90. The van der Waals surface area contributed by atoms with Gasteiger partial charge in [0.05, 0.1) is 10.6 Å². The van der Waals surface area contributed by atoms with Crippen LogP contribution in [0.2, 0.25) is 0 Å². The summed E-state index contributed by atoms with van der Waals surface area (Å²) in [5, 5.41) is 18.1. The Morgan fingerprint density at radius 2 is 1.70 bits per heavy atom. The van der Waals surface area contributed by atoms with Crippen LogP contribution in [0.15, 0.2) is 54.1 Å². The second-order valence-electron chi connectivity index (χ2n) is 6.96. The molecule has 0 fully saturated rings. The lowest BCUT2D eigenvalue weighted by Gasteiger charge is -2.35. The molecule has 0 saturated heterocycles. The van der Waals surface area contributed by atoms with Gasteiger partial charge in [0.2, 0.25) is 0 Å². The van der Waals surface area contributed by atoms with E-state index >= 15 is 0 Å². The van der Waals surface area contributed by atoms with E-state index in [1.807, 2.05) is 6.08 Å². The zero-order chi connectivity index (χ0) is 19.5. The molecule has 146 valence electrons. The Balaban J connectivity index is 1.99. The lowest BCUT2D eigenvalue weighted by atomic mass is 9.95. The maximum atomic E-state index is 10.7. The van der Waals surface area contributed by atoms with Crippen molar-refractivity contribution in [3.8, 4) is 0 Å². The molecule has 5 heteroatoms. The normalized spacial score (nSPS) is 15.9. The molecule has 5 nitrogen and oxygen atoms in total. The maximum Gasteiger partial charge on any atom is 0.269 e. The highest BCUT2D eigenvalue weighted by Crippen LogP contribution is 2.21. The van der Waals surface area contributed by atoms with Gasteiger partial charge in [0.1, 0.15) is 0 Å². The minimum atomic E-state index is -0.378. The summed E-state index contributed by atoms with van der Waals surface area (Å²) in [6, 6.07) is 6.60. The zero-order valence-corrected chi connectivity index (χ0v) is 16.4. The van der Waals surface area contributed by atoms with Gasteiger partial charge in [-0.15, -0.1) is 0 Å². The Morgan fingerprint density at radius 1 is 1.07 bits per heavy atom. The van der Waals surface area contributed by atoms with Gasteiger partial charge >= 0.3 is 0 Å². The monoisotopic (exact) mass is 369 g/mol. The van der Waals surface area contributed by atoms with E-state index in [9.17, 15) is 10.1 Å². The molecule has 0 bridgehead atoms. The molecule has 1 aromatic rings. The van der Waals surface area contributed by atoms with Crippen molar-refractivity contribution in [3.05, 3.63) is 69.8 Å². The van der Waals surface area contributed by atoms with E-state index in [0.717, 1.165) is 30.6 Å². The highest BCUT2D eigenvalue weighted by molar-refractivity contribution is 5.57. The van der Waals surface area contributed by atoms with Crippen molar-refractivity contribution < 1.29 is 4.92 Å². The van der Waals surface area contributed by atoms with E-state index in [0.29, 0.717) is 0 Å². The van der Waals surface area contributed by atoms with Crippen LogP contribution in [-0.2, 0) is 0 Å². The Morgan fingerprint density at radius 3 is 2.19 bits per heavy atom. The number of unbranched alkanes of at least 4 members (excludes halogenated alkanes) is 2. The number of allylic oxidation sites excluding steroid dienone is 3. The van der Waals surface area contributed by atoms with Gasteiger partial charge in [-0.3, -0.25) is 20.7 Å². The van der Waals surface area contributed by atoms with E-state index in [1.54, 1.807) is 12.1 Å². The third kappa shape index (κ3) is 6.77. The third-order valence-electron chi connectivity index (χ3n) is 4.73. The number of rotatable bonds is 11. The van der Waals surface area contributed by atoms with Crippen molar-refractivity contribution in [3.63, 3.8) is 0 Å². The number of hydrogen-bond acceptors (Lipinski definition) is 4. The summed E-state index contributed by atoms with van der Waals surface area (Å²) >= 11 is 0. The molecular weight excluding hydrogens is 338 g/mol. The number of benzene rings is 1. The number of nitro benzene ring substituents is 1. The average Bonchev–Trinajstić information content (AvgIpc) is 2.68. The van der Waals surface area contributed by atoms with Gasteiger partial charge in [0, 0.05) is 18.6 Å². The second-order valence-corrected chi connectivity index (χ2v) is 6.96. The van der Waals surface area contributed by atoms with Crippen LogP contribution in [0, 0.1) is 10.1 Å². The molecule has 0 unspecified atom stereocenters. The summed E-state index contributed by atoms with van der Waals surface area (Å²) in [6.45, 7) is 6.41. The molecule has 27 heavy (non-hydrogen) atoms. The van der Waals surface area contributed by atoms with Crippen LogP contribution in [0.25, 0.3) is 6.08 Å². The summed E-state index contributed by atoms with van der Waals surface area (Å²) in [5.74, 6) is 0. The fourth-order valence-corrected chi connectivity index (χ4v) is 2.98. The van der Waals surface area contributed by atoms with Crippen LogP contribution in [0.1, 0.15) is 51.5 Å². The van der Waals surface area contributed by atoms with Crippen molar-refractivity contribution in [1.29, 1.82) is 0 Å². The molecule has 2 N–H and O–H groups in total. The van der Waals surface area contributed by atoms with Gasteiger partial charge in [-0.1, -0.05) is 51.0 Å². The maximum absolute atomic E-state index is 10.7. The molecule has 0 aliphatic heterocycles. The van der Waals surface area contributed by atoms with E-state index in [4.69, 9.17) is 0 Å². The van der Waals surface area contributed by atoms with E-state index < -0.39 is 0 Å². The zero-order valence-electron chi connectivity index (χ0n) is 16.4. The first-order valence-electron chi connectivity index (χ1n) is 9.90. The fraction of sp³-hybridized carbons (Fsp3) is 0.455. The number of nitrogens with zero attached hydrogens (tertiary/aromatic N) is 1. The second kappa shape index (κ2) is 10.8. The highest BCUT2D eigenvalue weighted by atomic mass is 16.6. The third-order valence-corrected chi connectivity index (χ3v) is 4.73. The van der Waals surface area contributed by atoms with Crippen LogP contribution in [-0.4, -0.2) is 23.7 Å². The largest absolute Gasteiger partial charge is 0.296 e. The Hall–Kier alpha value is -2.24. The minimum absolute atomic E-state index is 0.116. The number of hydrogen-bond donors (Lipinski definition) is 2. The van der Waals surface area contributed by atoms with Crippen LogP contribution in [0.5, 0.6) is 0 Å². The standard InChI is InChI=1S/C22H31N3O2/c1-3-5-17-23-22(24-18-6-4-2)15-13-20(14-16-22)8-7-19-9-11-21(12-10-19)25(26)27/h7-15,23-24H,3-6,16-18H2,1-2H3. The van der Waals surface area contributed by atoms with Gasteiger partial charge in [-0.25, -0.2) is 0 Å².